The Balaban J connectivity index is 2.09. The Morgan fingerprint density at radius 1 is 1.14 bits per heavy atom. The Morgan fingerprint density at radius 3 is 2.50 bits per heavy atom. The zero-order chi connectivity index (χ0) is 15.9. The Kier molecular flexibility index (Phi) is 5.72. The Morgan fingerprint density at radius 2 is 1.86 bits per heavy atom. The van der Waals surface area contributed by atoms with E-state index in [0.29, 0.717) is 12.0 Å². The number of carbonyl (C=O) groups is 2. The summed E-state index contributed by atoms with van der Waals surface area (Å²) in [6.45, 7) is 1.32. The predicted molar refractivity (Wildman–Crippen MR) is 87.3 cm³/mol. The summed E-state index contributed by atoms with van der Waals surface area (Å²) >= 11 is 3.33. The first-order chi connectivity index (χ1) is 10.5. The quantitative estimate of drug-likeness (QED) is 0.656. The van der Waals surface area contributed by atoms with Crippen LogP contribution in [0.3, 0.4) is 0 Å². The van der Waals surface area contributed by atoms with Crippen LogP contribution in [-0.4, -0.2) is 18.1 Å². The lowest BCUT2D eigenvalue weighted by atomic mass is 10.1. The molecule has 0 aliphatic rings. The fourth-order valence-electron chi connectivity index (χ4n) is 2.01. The van der Waals surface area contributed by atoms with E-state index in [1.165, 1.54) is 6.92 Å². The van der Waals surface area contributed by atoms with E-state index in [0.717, 1.165) is 10.0 Å². The minimum Gasteiger partial charge on any atom is -0.442 e. The van der Waals surface area contributed by atoms with Gasteiger partial charge in [-0.25, -0.2) is 0 Å². The fraction of sp³-hybridized carbons (Fsp3) is 0.176. The van der Waals surface area contributed by atoms with E-state index in [2.05, 4.69) is 21.2 Å². The molecule has 1 atom stereocenters. The minimum absolute atomic E-state index is 0.288. The van der Waals surface area contributed by atoms with Crippen LogP contribution in [0.15, 0.2) is 59.1 Å². The normalized spacial score (nSPS) is 11.5. The van der Waals surface area contributed by atoms with Gasteiger partial charge < -0.3 is 10.1 Å². The molecule has 0 aromatic heterocycles. The van der Waals surface area contributed by atoms with Crippen molar-refractivity contribution >= 4 is 27.8 Å². The van der Waals surface area contributed by atoms with Gasteiger partial charge in [-0.1, -0.05) is 52.3 Å². The van der Waals surface area contributed by atoms with Crippen molar-refractivity contribution in [1.29, 1.82) is 0 Å². The van der Waals surface area contributed by atoms with E-state index in [4.69, 9.17) is 4.74 Å². The molecule has 0 saturated carbocycles. The molecule has 0 aliphatic carbocycles. The third kappa shape index (κ3) is 5.00. The topological polar surface area (TPSA) is 55.4 Å². The van der Waals surface area contributed by atoms with E-state index in [9.17, 15) is 9.59 Å². The molecule has 114 valence electrons. The minimum atomic E-state index is -0.702. The summed E-state index contributed by atoms with van der Waals surface area (Å²) in [4.78, 5) is 23.5. The first-order valence-electron chi connectivity index (χ1n) is 6.82. The molecule has 5 heteroatoms. The van der Waals surface area contributed by atoms with Crippen molar-refractivity contribution in [1.82, 2.24) is 5.32 Å². The van der Waals surface area contributed by atoms with Crippen molar-refractivity contribution in [3.05, 3.63) is 70.2 Å². The number of esters is 1. The number of nitrogens with one attached hydrogen (secondary N) is 1. The summed E-state index contributed by atoms with van der Waals surface area (Å²) in [5, 5.41) is 2.74. The standard InChI is InChI=1S/C17H16BrNO3/c1-12(20)22-16(10-13-6-3-2-4-7-13)19-17(21)14-8-5-9-15(18)11-14/h2-9,11,16H,10H2,1H3,(H,19,21)/t16-/m1/s1. The van der Waals surface area contributed by atoms with Gasteiger partial charge in [-0.3, -0.25) is 9.59 Å². The lowest BCUT2D eigenvalue weighted by Crippen LogP contribution is -2.39. The van der Waals surface area contributed by atoms with Crippen LogP contribution in [0.4, 0.5) is 0 Å². The molecule has 0 saturated heterocycles. The van der Waals surface area contributed by atoms with Crippen LogP contribution >= 0.6 is 15.9 Å². The summed E-state index contributed by atoms with van der Waals surface area (Å²) in [7, 11) is 0. The van der Waals surface area contributed by atoms with E-state index < -0.39 is 12.2 Å². The largest absolute Gasteiger partial charge is 0.442 e. The summed E-state index contributed by atoms with van der Waals surface area (Å²) in [5.41, 5.74) is 1.47. The Bertz CT molecular complexity index is 658. The van der Waals surface area contributed by atoms with Crippen LogP contribution in [0.25, 0.3) is 0 Å². The molecular weight excluding hydrogens is 346 g/mol. The molecular formula is C17H16BrNO3. The molecule has 0 fully saturated rings. The maximum Gasteiger partial charge on any atom is 0.304 e. The van der Waals surface area contributed by atoms with Gasteiger partial charge in [-0.05, 0) is 23.8 Å². The number of hydrogen-bond donors (Lipinski definition) is 1. The predicted octanol–water partition coefficient (Wildman–Crippen LogP) is 3.31. The zero-order valence-corrected chi connectivity index (χ0v) is 13.7. The monoisotopic (exact) mass is 361 g/mol. The molecule has 4 nitrogen and oxygen atoms in total. The lowest BCUT2D eigenvalue weighted by Gasteiger charge is -2.18. The number of amides is 1. The van der Waals surface area contributed by atoms with Gasteiger partial charge in [0, 0.05) is 23.4 Å². The smallest absolute Gasteiger partial charge is 0.304 e. The number of halogens is 1. The van der Waals surface area contributed by atoms with Gasteiger partial charge in [-0.2, -0.15) is 0 Å². The third-order valence-corrected chi connectivity index (χ3v) is 3.44. The van der Waals surface area contributed by atoms with Gasteiger partial charge in [0.2, 0.25) is 0 Å². The molecule has 1 N–H and O–H groups in total. The number of rotatable bonds is 5. The molecule has 22 heavy (non-hydrogen) atoms. The number of benzene rings is 2. The molecule has 0 bridgehead atoms. The van der Waals surface area contributed by atoms with Gasteiger partial charge in [-0.15, -0.1) is 0 Å². The van der Waals surface area contributed by atoms with Crippen LogP contribution < -0.4 is 5.32 Å². The second-order valence-corrected chi connectivity index (χ2v) is 5.69. The van der Waals surface area contributed by atoms with Crippen LogP contribution in [0, 0.1) is 0 Å². The molecule has 0 unspecified atom stereocenters. The maximum absolute atomic E-state index is 12.3. The van der Waals surface area contributed by atoms with Gasteiger partial charge >= 0.3 is 5.97 Å². The van der Waals surface area contributed by atoms with E-state index in [-0.39, 0.29) is 5.91 Å². The first kappa shape index (κ1) is 16.2. The fourth-order valence-corrected chi connectivity index (χ4v) is 2.41. The summed E-state index contributed by atoms with van der Waals surface area (Å²) in [6.07, 6.45) is -0.286. The molecule has 2 rings (SSSR count). The van der Waals surface area contributed by atoms with Crippen molar-refractivity contribution in [2.45, 2.75) is 19.6 Å². The van der Waals surface area contributed by atoms with Crippen molar-refractivity contribution in [3.63, 3.8) is 0 Å². The summed E-state index contributed by atoms with van der Waals surface area (Å²) in [5.74, 6) is -0.723. The average molecular weight is 362 g/mol. The van der Waals surface area contributed by atoms with Crippen LogP contribution in [0.1, 0.15) is 22.8 Å². The van der Waals surface area contributed by atoms with Crippen molar-refractivity contribution in [2.75, 3.05) is 0 Å². The van der Waals surface area contributed by atoms with Crippen molar-refractivity contribution in [3.8, 4) is 0 Å². The third-order valence-electron chi connectivity index (χ3n) is 2.95. The highest BCUT2D eigenvalue weighted by Gasteiger charge is 2.17. The highest BCUT2D eigenvalue weighted by molar-refractivity contribution is 9.10. The Hall–Kier alpha value is -2.14. The zero-order valence-electron chi connectivity index (χ0n) is 12.1. The van der Waals surface area contributed by atoms with E-state index >= 15 is 0 Å². The molecule has 0 spiro atoms. The lowest BCUT2D eigenvalue weighted by molar-refractivity contribution is -0.147. The van der Waals surface area contributed by atoms with Crippen LogP contribution in [0.2, 0.25) is 0 Å². The number of hydrogen-bond acceptors (Lipinski definition) is 3. The Labute approximate surface area is 137 Å². The number of carbonyl (C=O) groups excluding carboxylic acids is 2. The molecule has 1 amide bonds. The molecule has 0 aliphatic heterocycles. The van der Waals surface area contributed by atoms with E-state index in [1.807, 2.05) is 36.4 Å². The van der Waals surface area contributed by atoms with Crippen LogP contribution in [-0.2, 0) is 16.0 Å². The van der Waals surface area contributed by atoms with Gasteiger partial charge in [0.15, 0.2) is 6.23 Å². The molecule has 2 aromatic carbocycles. The van der Waals surface area contributed by atoms with Crippen molar-refractivity contribution < 1.29 is 14.3 Å². The molecule has 0 radical (unpaired) electrons. The molecule has 2 aromatic rings. The second-order valence-electron chi connectivity index (χ2n) is 4.77. The summed E-state index contributed by atoms with van der Waals surface area (Å²) in [6, 6.07) is 16.6. The van der Waals surface area contributed by atoms with Crippen molar-refractivity contribution in [2.24, 2.45) is 0 Å². The first-order valence-corrected chi connectivity index (χ1v) is 7.61. The number of ether oxygens (including phenoxy) is 1. The SMILES string of the molecule is CC(=O)O[C@H](Cc1ccccc1)NC(=O)c1cccc(Br)c1. The second kappa shape index (κ2) is 7.75. The van der Waals surface area contributed by atoms with Crippen LogP contribution in [0.5, 0.6) is 0 Å². The van der Waals surface area contributed by atoms with E-state index in [1.54, 1.807) is 18.2 Å². The highest BCUT2D eigenvalue weighted by Crippen LogP contribution is 2.12. The summed E-state index contributed by atoms with van der Waals surface area (Å²) < 4.78 is 6.01. The van der Waals surface area contributed by atoms with Gasteiger partial charge in [0.05, 0.1) is 0 Å². The highest BCUT2D eigenvalue weighted by atomic mass is 79.9. The molecule has 0 heterocycles. The maximum atomic E-state index is 12.3. The average Bonchev–Trinajstić information content (AvgIpc) is 2.47. The van der Waals surface area contributed by atoms with Gasteiger partial charge in [0.25, 0.3) is 5.91 Å². The van der Waals surface area contributed by atoms with Gasteiger partial charge in [0.1, 0.15) is 0 Å².